The van der Waals surface area contributed by atoms with Crippen molar-refractivity contribution >= 4 is 23.2 Å². The van der Waals surface area contributed by atoms with Gasteiger partial charge in [0.15, 0.2) is 0 Å². The van der Waals surface area contributed by atoms with Crippen molar-refractivity contribution in [3.05, 3.63) is 54.4 Å². The molecule has 10 heteroatoms. The lowest BCUT2D eigenvalue weighted by molar-refractivity contribution is -0.120. The molecule has 3 heterocycles. The van der Waals surface area contributed by atoms with Gasteiger partial charge in [0, 0.05) is 18.3 Å². The Kier molecular flexibility index (Phi) is 4.21. The van der Waals surface area contributed by atoms with Crippen LogP contribution in [0.15, 0.2) is 48.8 Å². The third kappa shape index (κ3) is 2.80. The molecule has 1 saturated heterocycles. The molecule has 2 aliphatic heterocycles. The number of nitrogens with zero attached hydrogens (tertiary/aromatic N) is 4. The third-order valence-corrected chi connectivity index (χ3v) is 5.70. The summed E-state index contributed by atoms with van der Waals surface area (Å²) in [5.41, 5.74) is 2.24. The van der Waals surface area contributed by atoms with Crippen LogP contribution >= 0.6 is 0 Å². The quantitative estimate of drug-likeness (QED) is 0.588. The van der Waals surface area contributed by atoms with Gasteiger partial charge in [0.1, 0.15) is 12.1 Å². The third-order valence-electron chi connectivity index (χ3n) is 5.70. The van der Waals surface area contributed by atoms with Gasteiger partial charge >= 0.3 is 0 Å². The zero-order chi connectivity index (χ0) is 20.7. The zero-order valence-electron chi connectivity index (χ0n) is 16.1. The maximum absolute atomic E-state index is 13.0. The number of hydrogen-bond acceptors (Lipinski definition) is 7. The van der Waals surface area contributed by atoms with Crippen molar-refractivity contribution in [2.45, 2.75) is 17.9 Å². The molecule has 3 aromatic rings. The fourth-order valence-corrected chi connectivity index (χ4v) is 4.15. The molecule has 2 aliphatic rings. The molecule has 1 spiro atoms. The van der Waals surface area contributed by atoms with Crippen molar-refractivity contribution in [3.63, 3.8) is 0 Å². The Morgan fingerprint density at radius 3 is 2.97 bits per heavy atom. The van der Waals surface area contributed by atoms with E-state index in [1.165, 1.54) is 18.1 Å². The molecular formula is C20H19N7O3. The summed E-state index contributed by atoms with van der Waals surface area (Å²) in [6.07, 6.45) is 1.85. The Labute approximate surface area is 171 Å². The molecule has 30 heavy (non-hydrogen) atoms. The highest BCUT2D eigenvalue weighted by molar-refractivity contribution is 6.08. The summed E-state index contributed by atoms with van der Waals surface area (Å²) in [6.45, 7) is 0.406. The number of benzene rings is 2. The van der Waals surface area contributed by atoms with E-state index in [1.54, 1.807) is 18.2 Å². The van der Waals surface area contributed by atoms with E-state index in [-0.39, 0.29) is 11.8 Å². The SMILES string of the molecule is COc1cc(-n2cnnn2)ccc1NC(=O)C1CC2(CN1)C(=O)Nc1ccccc12. The summed E-state index contributed by atoms with van der Waals surface area (Å²) in [4.78, 5) is 25.7. The highest BCUT2D eigenvalue weighted by Crippen LogP contribution is 2.43. The number of fused-ring (bicyclic) bond motifs is 2. The largest absolute Gasteiger partial charge is 0.494 e. The second-order valence-corrected chi connectivity index (χ2v) is 7.35. The first-order valence-electron chi connectivity index (χ1n) is 9.47. The minimum Gasteiger partial charge on any atom is -0.494 e. The maximum Gasteiger partial charge on any atom is 0.241 e. The highest BCUT2D eigenvalue weighted by atomic mass is 16.5. The number of rotatable bonds is 4. The van der Waals surface area contributed by atoms with Crippen LogP contribution in [0.2, 0.25) is 0 Å². The van der Waals surface area contributed by atoms with Gasteiger partial charge in [-0.1, -0.05) is 18.2 Å². The number of aromatic nitrogens is 4. The number of amides is 2. The van der Waals surface area contributed by atoms with Gasteiger partial charge in [-0.15, -0.1) is 5.10 Å². The number of para-hydroxylation sites is 1. The number of ether oxygens (including phenoxy) is 1. The Bertz CT molecular complexity index is 1130. The number of hydrogen-bond donors (Lipinski definition) is 3. The number of carbonyl (C=O) groups is 2. The van der Waals surface area contributed by atoms with Crippen LogP contribution in [0, 0.1) is 0 Å². The first-order valence-corrected chi connectivity index (χ1v) is 9.47. The molecule has 5 rings (SSSR count). The van der Waals surface area contributed by atoms with Crippen molar-refractivity contribution in [1.82, 2.24) is 25.5 Å². The minimum atomic E-state index is -0.730. The second-order valence-electron chi connectivity index (χ2n) is 7.35. The van der Waals surface area contributed by atoms with Gasteiger partial charge in [-0.25, -0.2) is 4.68 Å². The molecule has 2 atom stereocenters. The van der Waals surface area contributed by atoms with Crippen molar-refractivity contribution in [3.8, 4) is 11.4 Å². The molecular weight excluding hydrogens is 386 g/mol. The predicted octanol–water partition coefficient (Wildman–Crippen LogP) is 0.861. The molecule has 152 valence electrons. The summed E-state index contributed by atoms with van der Waals surface area (Å²) < 4.78 is 6.92. The zero-order valence-corrected chi connectivity index (χ0v) is 16.1. The van der Waals surface area contributed by atoms with E-state index in [9.17, 15) is 9.59 Å². The van der Waals surface area contributed by atoms with E-state index in [1.807, 2.05) is 24.3 Å². The smallest absolute Gasteiger partial charge is 0.241 e. The summed E-state index contributed by atoms with van der Waals surface area (Å²) in [6, 6.07) is 12.3. The molecule has 1 fully saturated rings. The fraction of sp³-hybridized carbons (Fsp3) is 0.250. The Morgan fingerprint density at radius 2 is 2.17 bits per heavy atom. The van der Waals surface area contributed by atoms with Crippen LogP contribution in [0.3, 0.4) is 0 Å². The number of anilines is 2. The highest BCUT2D eigenvalue weighted by Gasteiger charge is 2.52. The molecule has 0 saturated carbocycles. The van der Waals surface area contributed by atoms with Crippen LogP contribution in [0.5, 0.6) is 5.75 Å². The molecule has 2 aromatic carbocycles. The predicted molar refractivity (Wildman–Crippen MR) is 107 cm³/mol. The Morgan fingerprint density at radius 1 is 1.30 bits per heavy atom. The van der Waals surface area contributed by atoms with Gasteiger partial charge in [0.2, 0.25) is 11.8 Å². The van der Waals surface area contributed by atoms with Crippen LogP contribution in [-0.4, -0.2) is 51.7 Å². The Balaban J connectivity index is 1.35. The van der Waals surface area contributed by atoms with Gasteiger partial charge in [0.25, 0.3) is 0 Å². The number of carbonyl (C=O) groups excluding carboxylic acids is 2. The van der Waals surface area contributed by atoms with E-state index in [4.69, 9.17) is 4.74 Å². The van der Waals surface area contributed by atoms with Gasteiger partial charge in [0.05, 0.1) is 29.9 Å². The number of methoxy groups -OCH3 is 1. The molecule has 2 unspecified atom stereocenters. The molecule has 2 amide bonds. The van der Waals surface area contributed by atoms with Crippen LogP contribution in [0.25, 0.3) is 5.69 Å². The normalized spacial score (nSPS) is 22.0. The second kappa shape index (κ2) is 6.92. The van der Waals surface area contributed by atoms with Crippen molar-refractivity contribution in [2.24, 2.45) is 0 Å². The van der Waals surface area contributed by atoms with Crippen LogP contribution in [0.1, 0.15) is 12.0 Å². The van der Waals surface area contributed by atoms with Crippen molar-refractivity contribution < 1.29 is 14.3 Å². The van der Waals surface area contributed by atoms with Gasteiger partial charge in [-0.2, -0.15) is 0 Å². The minimum absolute atomic E-state index is 0.0742. The molecule has 1 aromatic heterocycles. The molecule has 0 aliphatic carbocycles. The van der Waals surface area contributed by atoms with Gasteiger partial charge < -0.3 is 20.7 Å². The lowest BCUT2D eigenvalue weighted by Gasteiger charge is -2.20. The first kappa shape index (κ1) is 18.3. The maximum atomic E-state index is 13.0. The summed E-state index contributed by atoms with van der Waals surface area (Å²) in [7, 11) is 1.52. The van der Waals surface area contributed by atoms with Crippen LogP contribution < -0.4 is 20.7 Å². The molecule has 0 bridgehead atoms. The van der Waals surface area contributed by atoms with Crippen LogP contribution in [0.4, 0.5) is 11.4 Å². The van der Waals surface area contributed by atoms with Gasteiger partial charge in [-0.3, -0.25) is 9.59 Å². The van der Waals surface area contributed by atoms with E-state index in [2.05, 4.69) is 31.5 Å². The number of tetrazole rings is 1. The topological polar surface area (TPSA) is 123 Å². The van der Waals surface area contributed by atoms with Crippen LogP contribution in [-0.2, 0) is 15.0 Å². The molecule has 10 nitrogen and oxygen atoms in total. The summed E-state index contributed by atoms with van der Waals surface area (Å²) in [5.74, 6) is 0.181. The fourth-order valence-electron chi connectivity index (χ4n) is 4.15. The van der Waals surface area contributed by atoms with E-state index < -0.39 is 11.5 Å². The van der Waals surface area contributed by atoms with Gasteiger partial charge in [-0.05, 0) is 40.6 Å². The molecule has 0 radical (unpaired) electrons. The average molecular weight is 405 g/mol. The van der Waals surface area contributed by atoms with E-state index >= 15 is 0 Å². The average Bonchev–Trinajstić information content (AvgIpc) is 3.50. The van der Waals surface area contributed by atoms with E-state index in [0.29, 0.717) is 30.1 Å². The Hall–Kier alpha value is -3.79. The lowest BCUT2D eigenvalue weighted by atomic mass is 9.79. The first-order chi connectivity index (χ1) is 14.6. The van der Waals surface area contributed by atoms with Crippen molar-refractivity contribution in [2.75, 3.05) is 24.3 Å². The summed E-state index contributed by atoms with van der Waals surface area (Å²) in [5, 5.41) is 20.1. The monoisotopic (exact) mass is 405 g/mol. The summed E-state index contributed by atoms with van der Waals surface area (Å²) >= 11 is 0. The van der Waals surface area contributed by atoms with Crippen molar-refractivity contribution in [1.29, 1.82) is 0 Å². The lowest BCUT2D eigenvalue weighted by Crippen LogP contribution is -2.36. The van der Waals surface area contributed by atoms with E-state index in [0.717, 1.165) is 11.3 Å². The molecule has 3 N–H and O–H groups in total. The number of nitrogens with one attached hydrogen (secondary N) is 3. The standard InChI is InChI=1S/C20H19N7O3/c1-30-17-8-12(27-11-22-25-26-27)6-7-15(17)23-18(28)16-9-20(10-21-16)13-4-2-3-5-14(13)24-19(20)29/h2-8,11,16,21H,9-10H2,1H3,(H,23,28)(H,24,29).